The molecule has 0 aliphatic carbocycles. The van der Waals surface area contributed by atoms with E-state index in [1.54, 1.807) is 12.3 Å². The van der Waals surface area contributed by atoms with E-state index in [1.807, 2.05) is 4.90 Å². The Kier molecular flexibility index (Phi) is 5.91. The summed E-state index contributed by atoms with van der Waals surface area (Å²) in [6.45, 7) is 1.12. The summed E-state index contributed by atoms with van der Waals surface area (Å²) in [4.78, 5) is 19.4. The van der Waals surface area contributed by atoms with E-state index in [0.717, 1.165) is 19.1 Å². The number of rotatable bonds is 5. The lowest BCUT2D eigenvalue weighted by Crippen LogP contribution is -2.47. The smallest absolute Gasteiger partial charge is 0.226 e. The SMILES string of the molecule is CS(=O)(=O)C(N)C1CCCN(c2ncc3ncnc(Nc4ccc(F)c(Cl)c4)c3n2)C1. The molecule has 0 saturated carbocycles. The van der Waals surface area contributed by atoms with Crippen molar-refractivity contribution in [3.8, 4) is 0 Å². The topological polar surface area (TPSA) is 127 Å². The Morgan fingerprint density at radius 2 is 2.13 bits per heavy atom. The number of nitrogens with one attached hydrogen (secondary N) is 1. The van der Waals surface area contributed by atoms with Gasteiger partial charge in [0.25, 0.3) is 0 Å². The number of nitrogens with zero attached hydrogens (tertiary/aromatic N) is 5. The van der Waals surface area contributed by atoms with E-state index in [9.17, 15) is 12.8 Å². The molecule has 4 rings (SSSR count). The first-order valence-corrected chi connectivity index (χ1v) is 11.9. The van der Waals surface area contributed by atoms with Crippen LogP contribution in [0.3, 0.4) is 0 Å². The molecule has 31 heavy (non-hydrogen) atoms. The van der Waals surface area contributed by atoms with Gasteiger partial charge in [0.05, 0.1) is 11.2 Å². The van der Waals surface area contributed by atoms with Crippen molar-refractivity contribution in [2.24, 2.45) is 11.7 Å². The second kappa shape index (κ2) is 8.48. The van der Waals surface area contributed by atoms with Gasteiger partial charge in [-0.15, -0.1) is 0 Å². The zero-order valence-electron chi connectivity index (χ0n) is 16.7. The molecule has 1 fully saturated rings. The number of fused-ring (bicyclic) bond motifs is 1. The summed E-state index contributed by atoms with van der Waals surface area (Å²) in [5, 5.41) is 2.14. The van der Waals surface area contributed by atoms with E-state index in [-0.39, 0.29) is 10.9 Å². The fraction of sp³-hybridized carbons (Fsp3) is 0.368. The molecule has 3 aromatic rings. The minimum absolute atomic E-state index is 0.0137. The van der Waals surface area contributed by atoms with Gasteiger partial charge in [-0.3, -0.25) is 0 Å². The van der Waals surface area contributed by atoms with Crippen LogP contribution in [0, 0.1) is 11.7 Å². The van der Waals surface area contributed by atoms with Crippen LogP contribution in [0.4, 0.5) is 21.8 Å². The van der Waals surface area contributed by atoms with Crippen molar-refractivity contribution in [3.63, 3.8) is 0 Å². The van der Waals surface area contributed by atoms with Crippen LogP contribution < -0.4 is 16.0 Å². The molecule has 2 aromatic heterocycles. The van der Waals surface area contributed by atoms with Gasteiger partial charge in [0.15, 0.2) is 15.7 Å². The summed E-state index contributed by atoms with van der Waals surface area (Å²) in [5.74, 6) is 0.121. The van der Waals surface area contributed by atoms with Crippen LogP contribution in [0.25, 0.3) is 11.0 Å². The summed E-state index contributed by atoms with van der Waals surface area (Å²) >= 11 is 5.86. The van der Waals surface area contributed by atoms with E-state index < -0.39 is 21.0 Å². The van der Waals surface area contributed by atoms with E-state index >= 15 is 0 Å². The lowest BCUT2D eigenvalue weighted by atomic mass is 9.98. The largest absolute Gasteiger partial charge is 0.340 e. The van der Waals surface area contributed by atoms with Gasteiger partial charge in [-0.2, -0.15) is 0 Å². The molecule has 1 aromatic carbocycles. The number of hydrogen-bond donors (Lipinski definition) is 2. The van der Waals surface area contributed by atoms with E-state index in [2.05, 4.69) is 25.3 Å². The zero-order chi connectivity index (χ0) is 22.2. The van der Waals surface area contributed by atoms with Crippen molar-refractivity contribution in [1.29, 1.82) is 0 Å². The van der Waals surface area contributed by atoms with Crippen LogP contribution in [0.1, 0.15) is 12.8 Å². The van der Waals surface area contributed by atoms with Gasteiger partial charge >= 0.3 is 0 Å². The van der Waals surface area contributed by atoms with Crippen LogP contribution >= 0.6 is 11.6 Å². The molecule has 1 saturated heterocycles. The van der Waals surface area contributed by atoms with Crippen molar-refractivity contribution >= 4 is 49.9 Å². The predicted molar refractivity (Wildman–Crippen MR) is 118 cm³/mol. The number of aromatic nitrogens is 4. The van der Waals surface area contributed by atoms with E-state index in [0.29, 0.717) is 41.6 Å². The number of benzene rings is 1. The third kappa shape index (κ3) is 4.68. The van der Waals surface area contributed by atoms with Gasteiger partial charge in [0, 0.05) is 31.0 Å². The molecular formula is C19H21ClFN7O2S. The minimum Gasteiger partial charge on any atom is -0.340 e. The summed E-state index contributed by atoms with van der Waals surface area (Å²) in [5.41, 5.74) is 7.51. The summed E-state index contributed by atoms with van der Waals surface area (Å²) < 4.78 is 37.2. The summed E-state index contributed by atoms with van der Waals surface area (Å²) in [6.07, 6.45) is 5.61. The van der Waals surface area contributed by atoms with E-state index in [4.69, 9.17) is 17.3 Å². The standard InChI is InChI=1S/C19H21ClFN7O2S/c1-31(29,30)17(22)11-3-2-6-28(9-11)19-23-8-15-16(27-19)18(25-10-24-15)26-12-4-5-14(21)13(20)7-12/h4-5,7-8,10-11,17H,2-3,6,9,22H2,1H3,(H,24,25,26). The van der Waals surface area contributed by atoms with Gasteiger partial charge in [-0.1, -0.05) is 11.6 Å². The van der Waals surface area contributed by atoms with Crippen LogP contribution in [0.15, 0.2) is 30.7 Å². The fourth-order valence-electron chi connectivity index (χ4n) is 3.61. The quantitative estimate of drug-likeness (QED) is 0.584. The molecule has 0 bridgehead atoms. The van der Waals surface area contributed by atoms with E-state index in [1.165, 1.54) is 18.5 Å². The van der Waals surface area contributed by atoms with Crippen molar-refractivity contribution in [2.45, 2.75) is 18.2 Å². The maximum Gasteiger partial charge on any atom is 0.226 e. The molecule has 2 unspecified atom stereocenters. The Bertz CT molecular complexity index is 1230. The monoisotopic (exact) mass is 465 g/mol. The molecule has 3 heterocycles. The number of hydrogen-bond acceptors (Lipinski definition) is 9. The van der Waals surface area contributed by atoms with Gasteiger partial charge in [0.1, 0.15) is 28.6 Å². The highest BCUT2D eigenvalue weighted by atomic mass is 35.5. The Balaban J connectivity index is 1.64. The molecule has 1 aliphatic heterocycles. The molecule has 0 spiro atoms. The summed E-state index contributed by atoms with van der Waals surface area (Å²) in [7, 11) is -3.35. The van der Waals surface area contributed by atoms with Crippen molar-refractivity contribution in [2.75, 3.05) is 29.6 Å². The maximum atomic E-state index is 13.5. The first kappa shape index (κ1) is 21.6. The van der Waals surface area contributed by atoms with Crippen LogP contribution in [-0.2, 0) is 9.84 Å². The molecule has 9 nitrogen and oxygen atoms in total. The molecule has 0 amide bonds. The molecule has 2 atom stereocenters. The number of nitrogens with two attached hydrogens (primary N) is 1. The minimum atomic E-state index is -3.35. The number of piperidine rings is 1. The zero-order valence-corrected chi connectivity index (χ0v) is 18.2. The first-order chi connectivity index (χ1) is 14.7. The lowest BCUT2D eigenvalue weighted by Gasteiger charge is -2.35. The highest BCUT2D eigenvalue weighted by molar-refractivity contribution is 7.91. The average molecular weight is 466 g/mol. The van der Waals surface area contributed by atoms with Crippen LogP contribution in [0.2, 0.25) is 5.02 Å². The lowest BCUT2D eigenvalue weighted by molar-refractivity contribution is 0.391. The highest BCUT2D eigenvalue weighted by Crippen LogP contribution is 2.28. The second-order valence-corrected chi connectivity index (χ2v) is 10.1. The Labute approximate surface area is 183 Å². The molecule has 0 radical (unpaired) electrons. The third-order valence-corrected chi connectivity index (χ3v) is 6.91. The highest BCUT2D eigenvalue weighted by Gasteiger charge is 2.31. The normalized spacial score (nSPS) is 18.2. The molecule has 12 heteroatoms. The summed E-state index contributed by atoms with van der Waals surface area (Å²) in [6, 6.07) is 4.25. The average Bonchev–Trinajstić information content (AvgIpc) is 2.75. The van der Waals surface area contributed by atoms with Gasteiger partial charge < -0.3 is 16.0 Å². The van der Waals surface area contributed by atoms with Crippen molar-refractivity contribution in [1.82, 2.24) is 19.9 Å². The van der Waals surface area contributed by atoms with Crippen LogP contribution in [-0.4, -0.2) is 53.1 Å². The second-order valence-electron chi connectivity index (χ2n) is 7.52. The number of halogens is 2. The predicted octanol–water partition coefficient (Wildman–Crippen LogP) is 2.50. The van der Waals surface area contributed by atoms with Gasteiger partial charge in [-0.25, -0.2) is 32.7 Å². The molecule has 3 N–H and O–H groups in total. The molecule has 164 valence electrons. The van der Waals surface area contributed by atoms with Gasteiger partial charge in [0.2, 0.25) is 5.95 Å². The number of anilines is 3. The first-order valence-electron chi connectivity index (χ1n) is 9.61. The Hall–Kier alpha value is -2.63. The van der Waals surface area contributed by atoms with Crippen molar-refractivity contribution in [3.05, 3.63) is 41.6 Å². The fourth-order valence-corrected chi connectivity index (χ4v) is 4.71. The Morgan fingerprint density at radius 1 is 1.32 bits per heavy atom. The van der Waals surface area contributed by atoms with Crippen LogP contribution in [0.5, 0.6) is 0 Å². The Morgan fingerprint density at radius 3 is 2.87 bits per heavy atom. The molecular weight excluding hydrogens is 445 g/mol. The third-order valence-electron chi connectivity index (χ3n) is 5.25. The van der Waals surface area contributed by atoms with Crippen molar-refractivity contribution < 1.29 is 12.8 Å². The molecule has 1 aliphatic rings. The van der Waals surface area contributed by atoms with Gasteiger partial charge in [-0.05, 0) is 31.0 Å². The number of sulfone groups is 1. The maximum absolute atomic E-state index is 13.5.